The molecule has 3 heterocycles. The highest BCUT2D eigenvalue weighted by Gasteiger charge is 2.34. The lowest BCUT2D eigenvalue weighted by atomic mass is 10.0. The minimum atomic E-state index is -1.07. The lowest BCUT2D eigenvalue weighted by Crippen LogP contribution is -2.47. The molecule has 0 radical (unpaired) electrons. The Morgan fingerprint density at radius 3 is 2.39 bits per heavy atom. The highest BCUT2D eigenvalue weighted by atomic mass is 16.7. The monoisotopic (exact) mass is 515 g/mol. The van der Waals surface area contributed by atoms with E-state index in [9.17, 15) is 14.4 Å². The lowest BCUT2D eigenvalue weighted by molar-refractivity contribution is -0.126. The predicted molar refractivity (Wildman–Crippen MR) is 136 cm³/mol. The molecule has 38 heavy (non-hydrogen) atoms. The summed E-state index contributed by atoms with van der Waals surface area (Å²) in [6.07, 6.45) is 2.88. The number of benzene rings is 2. The summed E-state index contributed by atoms with van der Waals surface area (Å²) in [5.41, 5.74) is 1.97. The van der Waals surface area contributed by atoms with Crippen LogP contribution in [0, 0.1) is 6.92 Å². The number of hydrogen-bond donors (Lipinski definition) is 2. The first-order valence-corrected chi connectivity index (χ1v) is 11.9. The Morgan fingerprint density at radius 1 is 0.895 bits per heavy atom. The van der Waals surface area contributed by atoms with Crippen LogP contribution in [0.4, 0.5) is 5.69 Å². The molecule has 0 spiro atoms. The first kappa shape index (κ1) is 24.7. The minimum absolute atomic E-state index is 0.0525. The fourth-order valence-corrected chi connectivity index (χ4v) is 4.06. The van der Waals surface area contributed by atoms with Crippen molar-refractivity contribution in [1.82, 2.24) is 10.6 Å². The third-order valence-electron chi connectivity index (χ3n) is 5.96. The molecule has 0 unspecified atom stereocenters. The SMILES string of the molecule is Cc1ccc([C@@H](C(=O)NCc2ccco2)N(C(=O)CNC(=O)c2ccco2)c2ccc3c(c2)OCO3)cc1. The molecule has 0 bridgehead atoms. The summed E-state index contributed by atoms with van der Waals surface area (Å²) in [7, 11) is 0. The third-order valence-corrected chi connectivity index (χ3v) is 5.96. The summed E-state index contributed by atoms with van der Waals surface area (Å²) in [5.74, 6) is 0.0886. The van der Waals surface area contributed by atoms with Crippen molar-refractivity contribution in [3.63, 3.8) is 0 Å². The Hall–Kier alpha value is -4.99. The van der Waals surface area contributed by atoms with E-state index in [2.05, 4.69) is 10.6 Å². The number of nitrogens with one attached hydrogen (secondary N) is 2. The molecule has 2 aromatic heterocycles. The topological polar surface area (TPSA) is 123 Å². The average molecular weight is 516 g/mol. The zero-order valence-corrected chi connectivity index (χ0v) is 20.5. The molecule has 1 aliphatic heterocycles. The van der Waals surface area contributed by atoms with Gasteiger partial charge in [0.2, 0.25) is 18.6 Å². The van der Waals surface area contributed by atoms with Crippen molar-refractivity contribution in [2.75, 3.05) is 18.2 Å². The van der Waals surface area contributed by atoms with Gasteiger partial charge >= 0.3 is 0 Å². The van der Waals surface area contributed by atoms with Gasteiger partial charge in [-0.15, -0.1) is 0 Å². The van der Waals surface area contributed by atoms with Crippen molar-refractivity contribution >= 4 is 23.4 Å². The zero-order chi connectivity index (χ0) is 26.5. The van der Waals surface area contributed by atoms with Gasteiger partial charge in [-0.3, -0.25) is 19.3 Å². The van der Waals surface area contributed by atoms with E-state index in [0.29, 0.717) is 28.5 Å². The largest absolute Gasteiger partial charge is 0.467 e. The standard InChI is InChI=1S/C28H25N3O7/c1-18-6-8-19(9-7-18)26(28(34)29-15-21-4-2-12-35-21)31(20-10-11-22-24(14-20)38-17-37-22)25(32)16-30-27(33)23-5-3-13-36-23/h2-14,26H,15-17H2,1H3,(H,29,34)(H,30,33)/t26-/m0/s1. The summed E-state index contributed by atoms with van der Waals surface area (Å²) in [6, 6.07) is 17.8. The van der Waals surface area contributed by atoms with Crippen LogP contribution >= 0.6 is 0 Å². The maximum atomic E-state index is 13.7. The predicted octanol–water partition coefficient (Wildman–Crippen LogP) is 3.73. The number of aryl methyl sites for hydroxylation is 1. The normalized spacial score (nSPS) is 12.6. The van der Waals surface area contributed by atoms with Gasteiger partial charge in [-0.2, -0.15) is 0 Å². The zero-order valence-electron chi connectivity index (χ0n) is 20.5. The van der Waals surface area contributed by atoms with E-state index in [4.69, 9.17) is 18.3 Å². The molecule has 1 aliphatic rings. The first-order chi connectivity index (χ1) is 18.5. The van der Waals surface area contributed by atoms with Crippen LogP contribution in [0.25, 0.3) is 0 Å². The van der Waals surface area contributed by atoms with Crippen LogP contribution in [0.15, 0.2) is 88.1 Å². The van der Waals surface area contributed by atoms with Crippen molar-refractivity contribution in [1.29, 1.82) is 0 Å². The van der Waals surface area contributed by atoms with Gasteiger partial charge in [0, 0.05) is 11.8 Å². The van der Waals surface area contributed by atoms with Crippen molar-refractivity contribution in [2.24, 2.45) is 0 Å². The Labute approximate surface area is 218 Å². The van der Waals surface area contributed by atoms with E-state index >= 15 is 0 Å². The molecule has 1 atom stereocenters. The molecular formula is C28H25N3O7. The molecule has 0 saturated heterocycles. The van der Waals surface area contributed by atoms with Gasteiger partial charge in [-0.25, -0.2) is 0 Å². The van der Waals surface area contributed by atoms with Crippen LogP contribution in [0.1, 0.15) is 33.5 Å². The molecule has 10 heteroatoms. The van der Waals surface area contributed by atoms with E-state index in [1.165, 1.54) is 23.5 Å². The minimum Gasteiger partial charge on any atom is -0.467 e. The smallest absolute Gasteiger partial charge is 0.287 e. The van der Waals surface area contributed by atoms with Gasteiger partial charge in [0.05, 0.1) is 25.6 Å². The molecule has 2 N–H and O–H groups in total. The molecular weight excluding hydrogens is 490 g/mol. The Bertz CT molecular complexity index is 1410. The summed E-state index contributed by atoms with van der Waals surface area (Å²) < 4.78 is 21.4. The third kappa shape index (κ3) is 5.39. The number of fused-ring (bicyclic) bond motifs is 1. The number of carbonyl (C=O) groups is 3. The van der Waals surface area contributed by atoms with Crippen LogP contribution in [0.5, 0.6) is 11.5 Å². The van der Waals surface area contributed by atoms with Gasteiger partial charge < -0.3 is 28.9 Å². The van der Waals surface area contributed by atoms with Crippen LogP contribution in [-0.4, -0.2) is 31.1 Å². The van der Waals surface area contributed by atoms with Gasteiger partial charge in [0.15, 0.2) is 17.3 Å². The molecule has 3 amide bonds. The van der Waals surface area contributed by atoms with Crippen LogP contribution in [0.2, 0.25) is 0 Å². The molecule has 0 aliphatic carbocycles. The highest BCUT2D eigenvalue weighted by Crippen LogP contribution is 2.38. The molecule has 0 saturated carbocycles. The number of anilines is 1. The average Bonchev–Trinajstić information content (AvgIpc) is 3.72. The summed E-state index contributed by atoms with van der Waals surface area (Å²) in [4.78, 5) is 41.2. The van der Waals surface area contributed by atoms with E-state index in [-0.39, 0.29) is 25.6 Å². The van der Waals surface area contributed by atoms with E-state index in [1.54, 1.807) is 48.5 Å². The van der Waals surface area contributed by atoms with Crippen LogP contribution in [0.3, 0.4) is 0 Å². The quantitative estimate of drug-likeness (QED) is 0.348. The van der Waals surface area contributed by atoms with Crippen molar-refractivity contribution in [3.05, 3.63) is 102 Å². The second-order valence-corrected chi connectivity index (χ2v) is 8.57. The Kier molecular flexibility index (Phi) is 7.12. The van der Waals surface area contributed by atoms with Crippen LogP contribution in [-0.2, 0) is 16.1 Å². The lowest BCUT2D eigenvalue weighted by Gasteiger charge is -2.31. The van der Waals surface area contributed by atoms with Crippen molar-refractivity contribution in [2.45, 2.75) is 19.5 Å². The molecule has 5 rings (SSSR count). The van der Waals surface area contributed by atoms with E-state index in [1.807, 2.05) is 19.1 Å². The van der Waals surface area contributed by atoms with E-state index in [0.717, 1.165) is 5.56 Å². The number of hydrogen-bond acceptors (Lipinski definition) is 7. The summed E-state index contributed by atoms with van der Waals surface area (Å²) in [5, 5.41) is 5.43. The van der Waals surface area contributed by atoms with Crippen molar-refractivity contribution in [3.8, 4) is 11.5 Å². The molecule has 4 aromatic rings. The van der Waals surface area contributed by atoms with Gasteiger partial charge in [0.25, 0.3) is 5.91 Å². The maximum absolute atomic E-state index is 13.7. The Balaban J connectivity index is 1.49. The molecule has 2 aromatic carbocycles. The second kappa shape index (κ2) is 11.0. The maximum Gasteiger partial charge on any atom is 0.287 e. The molecule has 10 nitrogen and oxygen atoms in total. The highest BCUT2D eigenvalue weighted by molar-refractivity contribution is 6.04. The number of ether oxygens (including phenoxy) is 2. The number of amides is 3. The fraction of sp³-hybridized carbons (Fsp3) is 0.179. The number of furan rings is 2. The Morgan fingerprint density at radius 2 is 1.66 bits per heavy atom. The second-order valence-electron chi connectivity index (χ2n) is 8.57. The fourth-order valence-electron chi connectivity index (χ4n) is 4.06. The van der Waals surface area contributed by atoms with Crippen molar-refractivity contribution < 1.29 is 32.7 Å². The van der Waals surface area contributed by atoms with Gasteiger partial charge in [0.1, 0.15) is 11.8 Å². The summed E-state index contributed by atoms with van der Waals surface area (Å²) >= 11 is 0. The number of nitrogens with zero attached hydrogens (tertiary/aromatic N) is 1. The molecule has 194 valence electrons. The van der Waals surface area contributed by atoms with Gasteiger partial charge in [-0.1, -0.05) is 29.8 Å². The first-order valence-electron chi connectivity index (χ1n) is 11.9. The number of carbonyl (C=O) groups excluding carboxylic acids is 3. The summed E-state index contributed by atoms with van der Waals surface area (Å²) in [6.45, 7) is 1.73. The van der Waals surface area contributed by atoms with Crippen LogP contribution < -0.4 is 25.0 Å². The molecule has 0 fully saturated rings. The number of rotatable bonds is 9. The van der Waals surface area contributed by atoms with Gasteiger partial charge in [-0.05, 0) is 48.9 Å². The van der Waals surface area contributed by atoms with E-state index < -0.39 is 23.8 Å².